The maximum atomic E-state index is 12.3. The number of piperazine rings is 1. The van der Waals surface area contributed by atoms with Gasteiger partial charge in [-0.2, -0.15) is 0 Å². The topological polar surface area (TPSA) is 98.1 Å². The molecule has 1 amide bonds. The SMILES string of the molecule is NS(=O)(=O)c1ccc(NC(=O)C[NH+]2CC[NH+](C/C=C/c3ccccc3)CC2)cc1. The van der Waals surface area contributed by atoms with Crippen LogP contribution in [0.15, 0.2) is 65.6 Å². The standard InChI is InChI=1S/C21H26N4O3S/c22-29(27,28)20-10-8-19(9-11-20)23-21(26)17-25-15-13-24(14-16-25)12-4-7-18-5-2-1-3-6-18/h1-11H,12-17H2,(H,23,26)(H2,22,27,28)/p+2/b7-4+. The van der Waals surface area contributed by atoms with Crippen LogP contribution in [0.25, 0.3) is 6.08 Å². The number of benzene rings is 2. The summed E-state index contributed by atoms with van der Waals surface area (Å²) in [6, 6.07) is 16.2. The van der Waals surface area contributed by atoms with Gasteiger partial charge < -0.3 is 15.1 Å². The van der Waals surface area contributed by atoms with E-state index in [0.717, 1.165) is 32.7 Å². The van der Waals surface area contributed by atoms with Gasteiger partial charge in [-0.1, -0.05) is 36.4 Å². The lowest BCUT2D eigenvalue weighted by Crippen LogP contribution is -3.28. The number of hydrogen-bond donors (Lipinski definition) is 4. The van der Waals surface area contributed by atoms with E-state index >= 15 is 0 Å². The normalized spacial score (nSPS) is 19.9. The van der Waals surface area contributed by atoms with E-state index in [0.29, 0.717) is 12.2 Å². The minimum absolute atomic E-state index is 0.0292. The Labute approximate surface area is 171 Å². The molecule has 0 spiro atoms. The quantitative estimate of drug-likeness (QED) is 0.455. The average Bonchev–Trinajstić information content (AvgIpc) is 2.70. The summed E-state index contributed by atoms with van der Waals surface area (Å²) in [5, 5.41) is 7.90. The molecule has 1 aliphatic rings. The summed E-state index contributed by atoms with van der Waals surface area (Å²) in [4.78, 5) is 15.1. The summed E-state index contributed by atoms with van der Waals surface area (Å²) in [6.07, 6.45) is 4.37. The summed E-state index contributed by atoms with van der Waals surface area (Å²) in [6.45, 7) is 5.36. The van der Waals surface area contributed by atoms with Crippen LogP contribution in [0.2, 0.25) is 0 Å². The number of rotatable bonds is 7. The Morgan fingerprint density at radius 1 is 0.966 bits per heavy atom. The third-order valence-corrected chi connectivity index (χ3v) is 5.99. The first-order chi connectivity index (χ1) is 13.9. The van der Waals surface area contributed by atoms with Crippen molar-refractivity contribution in [3.8, 4) is 0 Å². The molecule has 29 heavy (non-hydrogen) atoms. The Morgan fingerprint density at radius 3 is 2.21 bits per heavy atom. The highest BCUT2D eigenvalue weighted by molar-refractivity contribution is 7.89. The molecule has 7 nitrogen and oxygen atoms in total. The number of quaternary nitrogens is 2. The molecular weight excluding hydrogens is 388 g/mol. The molecule has 1 heterocycles. The van der Waals surface area contributed by atoms with E-state index in [-0.39, 0.29) is 10.8 Å². The van der Waals surface area contributed by atoms with Crippen molar-refractivity contribution in [2.24, 2.45) is 5.14 Å². The first kappa shape index (κ1) is 21.2. The molecular formula is C21H28N4O3S+2. The van der Waals surface area contributed by atoms with Gasteiger partial charge >= 0.3 is 0 Å². The number of carbonyl (C=O) groups excluding carboxylic acids is 1. The van der Waals surface area contributed by atoms with Crippen LogP contribution in [0.3, 0.4) is 0 Å². The predicted molar refractivity (Wildman–Crippen MR) is 113 cm³/mol. The first-order valence-corrected chi connectivity index (χ1v) is 11.3. The average molecular weight is 417 g/mol. The number of nitrogens with one attached hydrogen (secondary N) is 3. The molecule has 154 valence electrons. The van der Waals surface area contributed by atoms with E-state index in [1.54, 1.807) is 12.1 Å². The molecule has 0 atom stereocenters. The van der Waals surface area contributed by atoms with Gasteiger partial charge in [-0.25, -0.2) is 13.6 Å². The molecule has 0 aliphatic carbocycles. The molecule has 0 aromatic heterocycles. The Bertz CT molecular complexity index is 936. The minimum atomic E-state index is -3.72. The zero-order valence-electron chi connectivity index (χ0n) is 16.3. The van der Waals surface area contributed by atoms with E-state index in [2.05, 4.69) is 29.6 Å². The van der Waals surface area contributed by atoms with Gasteiger partial charge in [0.2, 0.25) is 10.0 Å². The summed E-state index contributed by atoms with van der Waals surface area (Å²) in [5.74, 6) is -0.0734. The lowest BCUT2D eigenvalue weighted by molar-refractivity contribution is -1.01. The largest absolute Gasteiger partial charge is 0.322 e. The predicted octanol–water partition coefficient (Wildman–Crippen LogP) is -1.23. The number of carbonyl (C=O) groups is 1. The van der Waals surface area contributed by atoms with Crippen molar-refractivity contribution in [3.63, 3.8) is 0 Å². The van der Waals surface area contributed by atoms with Gasteiger partial charge in [-0.15, -0.1) is 0 Å². The molecule has 8 heteroatoms. The number of hydrogen-bond acceptors (Lipinski definition) is 3. The third kappa shape index (κ3) is 6.79. The van der Waals surface area contributed by atoms with Crippen molar-refractivity contribution in [2.75, 3.05) is 44.6 Å². The lowest BCUT2D eigenvalue weighted by Gasteiger charge is -2.28. The van der Waals surface area contributed by atoms with Crippen LogP contribution in [0.1, 0.15) is 5.56 Å². The molecule has 2 aromatic carbocycles. The van der Waals surface area contributed by atoms with Gasteiger partial charge in [-0.05, 0) is 35.9 Å². The second-order valence-electron chi connectivity index (χ2n) is 7.31. The minimum Gasteiger partial charge on any atom is -0.322 e. The molecule has 0 bridgehead atoms. The van der Waals surface area contributed by atoms with Gasteiger partial charge in [0.05, 0.1) is 11.4 Å². The Hall–Kier alpha value is -2.52. The fourth-order valence-electron chi connectivity index (χ4n) is 3.42. The highest BCUT2D eigenvalue weighted by Gasteiger charge is 2.24. The molecule has 1 fully saturated rings. The summed E-state index contributed by atoms with van der Waals surface area (Å²) in [5.41, 5.74) is 1.78. The highest BCUT2D eigenvalue weighted by Crippen LogP contribution is 2.12. The zero-order chi connectivity index (χ0) is 20.7. The van der Waals surface area contributed by atoms with Gasteiger partial charge in [0.15, 0.2) is 6.54 Å². The van der Waals surface area contributed by atoms with Crippen LogP contribution in [0.5, 0.6) is 0 Å². The monoisotopic (exact) mass is 416 g/mol. The van der Waals surface area contributed by atoms with E-state index in [1.807, 2.05) is 18.2 Å². The highest BCUT2D eigenvalue weighted by atomic mass is 32.2. The Balaban J connectivity index is 1.40. The second kappa shape index (κ2) is 9.80. The zero-order valence-corrected chi connectivity index (χ0v) is 17.1. The van der Waals surface area contributed by atoms with E-state index < -0.39 is 10.0 Å². The number of amides is 1. The summed E-state index contributed by atoms with van der Waals surface area (Å²) in [7, 11) is -3.72. The maximum Gasteiger partial charge on any atom is 0.279 e. The number of primary sulfonamides is 1. The van der Waals surface area contributed by atoms with Crippen LogP contribution in [0, 0.1) is 0 Å². The van der Waals surface area contributed by atoms with Crippen molar-refractivity contribution in [2.45, 2.75) is 4.90 Å². The van der Waals surface area contributed by atoms with Crippen LogP contribution in [0.4, 0.5) is 5.69 Å². The van der Waals surface area contributed by atoms with Crippen molar-refractivity contribution >= 4 is 27.7 Å². The molecule has 0 radical (unpaired) electrons. The van der Waals surface area contributed by atoms with Gasteiger partial charge in [0.25, 0.3) is 5.91 Å². The van der Waals surface area contributed by atoms with E-state index in [1.165, 1.54) is 27.5 Å². The number of anilines is 1. The van der Waals surface area contributed by atoms with Crippen molar-refractivity contribution in [1.82, 2.24) is 0 Å². The number of sulfonamides is 1. The van der Waals surface area contributed by atoms with Gasteiger partial charge in [0, 0.05) is 5.69 Å². The maximum absolute atomic E-state index is 12.3. The van der Waals surface area contributed by atoms with Crippen LogP contribution in [-0.2, 0) is 14.8 Å². The smallest absolute Gasteiger partial charge is 0.279 e. The van der Waals surface area contributed by atoms with Crippen LogP contribution < -0.4 is 20.3 Å². The summed E-state index contributed by atoms with van der Waals surface area (Å²) >= 11 is 0. The lowest BCUT2D eigenvalue weighted by atomic mass is 10.2. The summed E-state index contributed by atoms with van der Waals surface area (Å²) < 4.78 is 22.5. The molecule has 5 N–H and O–H groups in total. The van der Waals surface area contributed by atoms with Crippen LogP contribution in [-0.4, -0.2) is 53.6 Å². The fourth-order valence-corrected chi connectivity index (χ4v) is 3.94. The molecule has 0 unspecified atom stereocenters. The molecule has 1 aliphatic heterocycles. The molecule has 0 saturated carbocycles. The molecule has 2 aromatic rings. The Morgan fingerprint density at radius 2 is 1.59 bits per heavy atom. The Kier molecular flexibility index (Phi) is 7.16. The first-order valence-electron chi connectivity index (χ1n) is 9.71. The van der Waals surface area contributed by atoms with Crippen molar-refractivity contribution in [1.29, 1.82) is 0 Å². The van der Waals surface area contributed by atoms with Crippen molar-refractivity contribution in [3.05, 3.63) is 66.2 Å². The second-order valence-corrected chi connectivity index (χ2v) is 8.87. The molecule has 3 rings (SSSR count). The van der Waals surface area contributed by atoms with Crippen LogP contribution >= 0.6 is 0 Å². The van der Waals surface area contributed by atoms with Crippen molar-refractivity contribution < 1.29 is 23.0 Å². The fraction of sp³-hybridized carbons (Fsp3) is 0.286. The third-order valence-electron chi connectivity index (χ3n) is 5.06. The molecule has 1 saturated heterocycles. The van der Waals surface area contributed by atoms with Gasteiger partial charge in [-0.3, -0.25) is 4.79 Å². The van der Waals surface area contributed by atoms with E-state index in [9.17, 15) is 13.2 Å². The number of nitrogens with two attached hydrogens (primary N) is 1. The van der Waals surface area contributed by atoms with Gasteiger partial charge in [0.1, 0.15) is 26.2 Å². The van der Waals surface area contributed by atoms with E-state index in [4.69, 9.17) is 5.14 Å².